The van der Waals surface area contributed by atoms with E-state index in [1.807, 2.05) is 45.1 Å². The molecule has 0 aliphatic carbocycles. The average Bonchev–Trinajstić information content (AvgIpc) is 3.59. The third kappa shape index (κ3) is 6.10. The number of carboxylic acid groups (broad SMARTS) is 2. The van der Waals surface area contributed by atoms with Gasteiger partial charge in [0.2, 0.25) is 0 Å². The van der Waals surface area contributed by atoms with Gasteiger partial charge in [-0.15, -0.1) is 22.8 Å². The Labute approximate surface area is 263 Å². The predicted octanol–water partition coefficient (Wildman–Crippen LogP) is 6.55. The van der Waals surface area contributed by atoms with Gasteiger partial charge in [0.15, 0.2) is 0 Å². The second-order valence-corrected chi connectivity index (χ2v) is 11.2. The van der Waals surface area contributed by atoms with Gasteiger partial charge in [-0.25, -0.2) is 0 Å². The molecule has 0 aromatic carbocycles. The molecule has 3 aliphatic heterocycles. The van der Waals surface area contributed by atoms with Gasteiger partial charge < -0.3 is 30.8 Å². The summed E-state index contributed by atoms with van der Waals surface area (Å²) in [6.45, 7) is 16.2. The van der Waals surface area contributed by atoms with Gasteiger partial charge in [-0.05, 0) is 51.7 Å². The van der Waals surface area contributed by atoms with Crippen molar-refractivity contribution < 1.29 is 36.9 Å². The Morgan fingerprint density at radius 3 is 2.07 bits per heavy atom. The molecule has 8 bridgehead atoms. The van der Waals surface area contributed by atoms with Crippen molar-refractivity contribution in [3.8, 4) is 0 Å². The van der Waals surface area contributed by atoms with Crippen LogP contribution in [0.5, 0.6) is 0 Å². The van der Waals surface area contributed by atoms with Crippen molar-refractivity contribution in [3.05, 3.63) is 109 Å². The quantitative estimate of drug-likeness (QED) is 0.322. The Bertz CT molecular complexity index is 1630. The van der Waals surface area contributed by atoms with Crippen molar-refractivity contribution in [2.45, 2.75) is 78.3 Å². The number of hydrogen-bond donors (Lipinski definition) is 2. The van der Waals surface area contributed by atoms with Crippen LogP contribution in [0.4, 0.5) is 0 Å². The molecule has 0 amide bonds. The van der Waals surface area contributed by atoms with E-state index in [-0.39, 0.29) is 42.0 Å². The molecule has 2 aromatic rings. The number of hydrogen-bond acceptors (Lipinski definition) is 2. The zero-order valence-corrected chi connectivity index (χ0v) is 26.1. The summed E-state index contributed by atoms with van der Waals surface area (Å²) < 4.78 is 0. The minimum Gasteiger partial charge on any atom is -0.678 e. The first kappa shape index (κ1) is 32.0. The van der Waals surface area contributed by atoms with Crippen LogP contribution in [0.25, 0.3) is 28.9 Å². The van der Waals surface area contributed by atoms with Gasteiger partial charge in [0.05, 0.1) is 0 Å². The van der Waals surface area contributed by atoms with Crippen molar-refractivity contribution >= 4 is 30.2 Å². The molecular weight excluding hydrogens is 584 g/mol. The maximum atomic E-state index is 11.5. The molecule has 2 aromatic heterocycles. The molecule has 3 aliphatic rings. The topological polar surface area (TPSA) is 131 Å². The number of carbonyl (C=O) groups is 2. The van der Waals surface area contributed by atoms with Crippen LogP contribution in [0, 0.1) is 13.8 Å². The van der Waals surface area contributed by atoms with E-state index in [1.165, 1.54) is 0 Å². The van der Waals surface area contributed by atoms with E-state index in [1.54, 1.807) is 0 Å². The molecule has 9 heteroatoms. The first-order valence-corrected chi connectivity index (χ1v) is 14.3. The van der Waals surface area contributed by atoms with Crippen LogP contribution in [-0.4, -0.2) is 34.2 Å². The van der Waals surface area contributed by atoms with E-state index in [2.05, 4.69) is 20.1 Å². The minimum atomic E-state index is -0.870. The maximum absolute atomic E-state index is 11.5. The molecule has 224 valence electrons. The fourth-order valence-corrected chi connectivity index (χ4v) is 6.34. The summed E-state index contributed by atoms with van der Waals surface area (Å²) in [6.07, 6.45) is 9.40. The molecule has 0 saturated carbocycles. The van der Waals surface area contributed by atoms with Crippen molar-refractivity contribution in [1.82, 2.24) is 9.97 Å². The number of rotatable bonds is 8. The molecule has 0 radical (unpaired) electrons. The summed E-state index contributed by atoms with van der Waals surface area (Å²) in [5, 5.41) is 29.1. The van der Waals surface area contributed by atoms with E-state index < -0.39 is 11.9 Å². The van der Waals surface area contributed by atoms with Crippen molar-refractivity contribution in [1.29, 1.82) is 0 Å². The SMILES string of the molecule is C=CC1=C(C)C2Cc3[n-]c(c(C)c3C=C)/C=C3\[N-]C(Cc4[n-]c(c(C)c4CCC(=O)O)/C=C/1[N-]2)C(CCC(=O)O)=C3C.[Fe+4]. The fourth-order valence-electron chi connectivity index (χ4n) is 6.34. The molecule has 2 atom stereocenters. The van der Waals surface area contributed by atoms with Crippen LogP contribution < -0.4 is 9.97 Å². The van der Waals surface area contributed by atoms with Crippen LogP contribution in [0.15, 0.2) is 52.9 Å². The number of fused-ring (bicyclic) bond motifs is 8. The van der Waals surface area contributed by atoms with Gasteiger partial charge in [-0.1, -0.05) is 95.8 Å². The van der Waals surface area contributed by atoms with Crippen molar-refractivity contribution in [2.24, 2.45) is 0 Å². The summed E-state index contributed by atoms with van der Waals surface area (Å²) in [4.78, 5) is 33.1. The zero-order valence-electron chi connectivity index (χ0n) is 25.0. The van der Waals surface area contributed by atoms with Crippen LogP contribution in [-0.2, 0) is 45.9 Å². The van der Waals surface area contributed by atoms with Gasteiger partial charge in [0.25, 0.3) is 0 Å². The molecular formula is C34H36FeN4O4. The Morgan fingerprint density at radius 2 is 1.42 bits per heavy atom. The van der Waals surface area contributed by atoms with Gasteiger partial charge in [0, 0.05) is 12.8 Å². The smallest absolute Gasteiger partial charge is 0.678 e. The van der Waals surface area contributed by atoms with E-state index in [9.17, 15) is 19.8 Å². The minimum absolute atomic E-state index is 0. The van der Waals surface area contributed by atoms with Gasteiger partial charge in [0.1, 0.15) is 0 Å². The molecule has 2 N–H and O–H groups in total. The van der Waals surface area contributed by atoms with Crippen LogP contribution >= 0.6 is 0 Å². The molecule has 0 saturated heterocycles. The Hall–Kier alpha value is -3.94. The second-order valence-electron chi connectivity index (χ2n) is 11.2. The Kier molecular flexibility index (Phi) is 9.47. The second kappa shape index (κ2) is 12.7. The largest absolute Gasteiger partial charge is 4.00 e. The van der Waals surface area contributed by atoms with Crippen LogP contribution in [0.2, 0.25) is 0 Å². The summed E-state index contributed by atoms with van der Waals surface area (Å²) in [6, 6.07) is -0.418. The summed E-state index contributed by atoms with van der Waals surface area (Å²) in [7, 11) is 0. The van der Waals surface area contributed by atoms with Gasteiger partial charge in [-0.2, -0.15) is 11.4 Å². The number of allylic oxidation sites excluding steroid dienone is 2. The molecule has 2 unspecified atom stereocenters. The standard InChI is InChI=1S/C34H36N4O4.Fe/c1-7-21-17(3)25-13-26-19(5)23(9-11-33(39)40)31(37-26)16-32-24(10-12-34(41)42)20(6)28(38-32)15-30-22(8-2)18(4)27(36-30)14-29(21)35-25;/h7-8,13,15,27,31H,1-2,9-12,14,16H2,3-6H3,(H,39,40)(H,41,42);/q-4;+4/b26-13-,30-15-;. The predicted molar refractivity (Wildman–Crippen MR) is 165 cm³/mol. The Morgan fingerprint density at radius 1 is 0.837 bits per heavy atom. The maximum Gasteiger partial charge on any atom is 4.00 e. The number of aliphatic carboxylic acids is 2. The molecule has 0 spiro atoms. The van der Waals surface area contributed by atoms with Crippen LogP contribution in [0.1, 0.15) is 78.1 Å². The summed E-state index contributed by atoms with van der Waals surface area (Å²) >= 11 is 0. The summed E-state index contributed by atoms with van der Waals surface area (Å²) in [5.74, 6) is -1.73. The first-order valence-electron chi connectivity index (χ1n) is 14.3. The number of nitrogens with zero attached hydrogens (tertiary/aromatic N) is 4. The molecule has 5 heterocycles. The Balaban J connectivity index is 0.00000423. The van der Waals surface area contributed by atoms with E-state index >= 15 is 0 Å². The molecule has 8 nitrogen and oxygen atoms in total. The van der Waals surface area contributed by atoms with Crippen molar-refractivity contribution in [2.75, 3.05) is 0 Å². The van der Waals surface area contributed by atoms with E-state index in [0.717, 1.165) is 78.7 Å². The molecule has 0 fully saturated rings. The molecule has 43 heavy (non-hydrogen) atoms. The third-order valence-electron chi connectivity index (χ3n) is 8.78. The van der Waals surface area contributed by atoms with E-state index in [0.29, 0.717) is 25.7 Å². The third-order valence-corrected chi connectivity index (χ3v) is 8.78. The van der Waals surface area contributed by atoms with E-state index in [4.69, 9.17) is 20.6 Å². The zero-order chi connectivity index (χ0) is 30.3. The number of aromatic nitrogens is 2. The first-order chi connectivity index (χ1) is 20.0. The number of carboxylic acids is 2. The van der Waals surface area contributed by atoms with Crippen LogP contribution in [0.3, 0.4) is 0 Å². The summed E-state index contributed by atoms with van der Waals surface area (Å²) in [5.41, 5.74) is 12.7. The van der Waals surface area contributed by atoms with Gasteiger partial charge >= 0.3 is 29.0 Å². The molecule has 5 rings (SSSR count). The average molecular weight is 621 g/mol. The van der Waals surface area contributed by atoms with Gasteiger partial charge in [-0.3, -0.25) is 9.59 Å². The monoisotopic (exact) mass is 620 g/mol. The van der Waals surface area contributed by atoms with Crippen molar-refractivity contribution in [3.63, 3.8) is 0 Å². The fraction of sp³-hybridized carbons (Fsp3) is 0.353. The normalized spacial score (nSPS) is 21.7.